The van der Waals surface area contributed by atoms with Crippen molar-refractivity contribution in [3.05, 3.63) is 18.1 Å². The van der Waals surface area contributed by atoms with E-state index in [9.17, 15) is 0 Å². The van der Waals surface area contributed by atoms with Crippen LogP contribution >= 0.6 is 0 Å². The van der Waals surface area contributed by atoms with E-state index in [-0.39, 0.29) is 5.60 Å². The largest absolute Gasteiger partial charge is 0.379 e. The van der Waals surface area contributed by atoms with Crippen LogP contribution in [0.15, 0.2) is 11.6 Å². The lowest BCUT2D eigenvalue weighted by atomic mass is 9.80. The fourth-order valence-electron chi connectivity index (χ4n) is 1.57. The molecular formula is C11H19O. The van der Waals surface area contributed by atoms with Crippen LogP contribution in [0.2, 0.25) is 0 Å². The quantitative estimate of drug-likeness (QED) is 0.614. The zero-order valence-corrected chi connectivity index (χ0v) is 8.55. The second-order valence-corrected chi connectivity index (χ2v) is 4.13. The van der Waals surface area contributed by atoms with E-state index >= 15 is 0 Å². The minimum absolute atomic E-state index is 0.0215. The molecule has 1 atom stereocenters. The summed E-state index contributed by atoms with van der Waals surface area (Å²) in [7, 11) is 1.80. The van der Waals surface area contributed by atoms with Gasteiger partial charge in [0.2, 0.25) is 0 Å². The molecule has 0 saturated heterocycles. The molecular weight excluding hydrogens is 148 g/mol. The van der Waals surface area contributed by atoms with E-state index in [1.807, 2.05) is 0 Å². The number of hydrogen-bond acceptors (Lipinski definition) is 1. The smallest absolute Gasteiger partial charge is 0.0653 e. The van der Waals surface area contributed by atoms with Gasteiger partial charge >= 0.3 is 0 Å². The molecule has 1 aliphatic carbocycles. The van der Waals surface area contributed by atoms with Gasteiger partial charge in [0.15, 0.2) is 0 Å². The van der Waals surface area contributed by atoms with E-state index in [1.165, 1.54) is 5.57 Å². The van der Waals surface area contributed by atoms with Crippen molar-refractivity contribution in [2.75, 3.05) is 7.11 Å². The zero-order chi connectivity index (χ0) is 9.19. The molecule has 1 unspecified atom stereocenters. The second kappa shape index (κ2) is 3.61. The van der Waals surface area contributed by atoms with Crippen molar-refractivity contribution in [3.63, 3.8) is 0 Å². The van der Waals surface area contributed by atoms with Gasteiger partial charge in [-0.25, -0.2) is 0 Å². The maximum Gasteiger partial charge on any atom is 0.0653 e. The number of ether oxygens (including phenoxy) is 1. The Morgan fingerprint density at radius 2 is 2.08 bits per heavy atom. The van der Waals surface area contributed by atoms with E-state index in [0.29, 0.717) is 5.92 Å². The van der Waals surface area contributed by atoms with Crippen LogP contribution in [0.1, 0.15) is 33.6 Å². The van der Waals surface area contributed by atoms with Crippen molar-refractivity contribution in [1.29, 1.82) is 0 Å². The van der Waals surface area contributed by atoms with Gasteiger partial charge in [-0.1, -0.05) is 11.6 Å². The highest BCUT2D eigenvalue weighted by molar-refractivity contribution is 5.15. The lowest BCUT2D eigenvalue weighted by Gasteiger charge is -2.34. The molecule has 0 fully saturated rings. The van der Waals surface area contributed by atoms with Crippen LogP contribution in [0.4, 0.5) is 0 Å². The Kier molecular flexibility index (Phi) is 2.94. The van der Waals surface area contributed by atoms with Crippen LogP contribution in [0, 0.1) is 12.3 Å². The molecule has 1 aliphatic rings. The molecule has 0 bridgehead atoms. The van der Waals surface area contributed by atoms with E-state index < -0.39 is 0 Å². The van der Waals surface area contributed by atoms with Crippen molar-refractivity contribution in [2.24, 2.45) is 5.92 Å². The summed E-state index contributed by atoms with van der Waals surface area (Å²) in [5, 5.41) is 0. The Morgan fingerprint density at radius 1 is 1.42 bits per heavy atom. The van der Waals surface area contributed by atoms with Crippen molar-refractivity contribution >= 4 is 0 Å². The first-order valence-corrected chi connectivity index (χ1v) is 4.61. The van der Waals surface area contributed by atoms with Gasteiger partial charge < -0.3 is 4.74 Å². The molecule has 1 rings (SSSR count). The average molecular weight is 167 g/mol. The first-order valence-electron chi connectivity index (χ1n) is 4.61. The fourth-order valence-corrected chi connectivity index (χ4v) is 1.57. The molecule has 1 radical (unpaired) electrons. The monoisotopic (exact) mass is 167 g/mol. The molecule has 0 aliphatic heterocycles. The normalized spacial score (nSPS) is 25.3. The highest BCUT2D eigenvalue weighted by Gasteiger charge is 2.29. The number of allylic oxidation sites excluding steroid dienone is 2. The summed E-state index contributed by atoms with van der Waals surface area (Å²) < 4.78 is 5.46. The number of rotatable bonds is 2. The Morgan fingerprint density at radius 3 is 2.50 bits per heavy atom. The minimum Gasteiger partial charge on any atom is -0.379 e. The van der Waals surface area contributed by atoms with Crippen molar-refractivity contribution in [3.8, 4) is 0 Å². The molecule has 0 aromatic rings. The molecule has 0 N–H and O–H groups in total. The maximum absolute atomic E-state index is 5.46. The van der Waals surface area contributed by atoms with Crippen LogP contribution in [0.25, 0.3) is 0 Å². The predicted molar refractivity (Wildman–Crippen MR) is 51.9 cm³/mol. The molecule has 12 heavy (non-hydrogen) atoms. The summed E-state index contributed by atoms with van der Waals surface area (Å²) in [6, 6.07) is 0. The number of hydrogen-bond donors (Lipinski definition) is 0. The zero-order valence-electron chi connectivity index (χ0n) is 8.55. The highest BCUT2D eigenvalue weighted by Crippen LogP contribution is 2.32. The summed E-state index contributed by atoms with van der Waals surface area (Å²) in [6.07, 6.45) is 6.91. The van der Waals surface area contributed by atoms with Gasteiger partial charge in [0.1, 0.15) is 0 Å². The van der Waals surface area contributed by atoms with Gasteiger partial charge in [0.25, 0.3) is 0 Å². The average Bonchev–Trinajstić information content (AvgIpc) is 2.05. The third-order valence-electron chi connectivity index (χ3n) is 2.96. The predicted octanol–water partition coefficient (Wildman–Crippen LogP) is 2.97. The summed E-state index contributed by atoms with van der Waals surface area (Å²) >= 11 is 0. The van der Waals surface area contributed by atoms with Gasteiger partial charge in [-0.3, -0.25) is 0 Å². The summed E-state index contributed by atoms with van der Waals surface area (Å²) in [4.78, 5) is 0. The van der Waals surface area contributed by atoms with Crippen molar-refractivity contribution in [2.45, 2.75) is 39.2 Å². The number of methoxy groups -OCH3 is 1. The summed E-state index contributed by atoms with van der Waals surface area (Å²) in [5.41, 5.74) is 1.44. The first kappa shape index (κ1) is 9.79. The third-order valence-corrected chi connectivity index (χ3v) is 2.96. The lowest BCUT2D eigenvalue weighted by Crippen LogP contribution is -2.34. The van der Waals surface area contributed by atoms with Crippen molar-refractivity contribution in [1.82, 2.24) is 0 Å². The van der Waals surface area contributed by atoms with Crippen LogP contribution in [0.3, 0.4) is 0 Å². The van der Waals surface area contributed by atoms with Crippen molar-refractivity contribution < 1.29 is 4.74 Å². The standard InChI is InChI=1S/C11H19O/c1-9-5-7-10(8-6-9)11(2,3)12-4/h5-6,10H,7-8H2,1-4H3. The molecule has 0 aromatic carbocycles. The molecule has 0 aromatic heterocycles. The fraction of sp³-hybridized carbons (Fsp3) is 0.727. The molecule has 0 heterocycles. The van der Waals surface area contributed by atoms with E-state index in [4.69, 9.17) is 4.74 Å². The second-order valence-electron chi connectivity index (χ2n) is 4.13. The van der Waals surface area contributed by atoms with Crippen LogP contribution < -0.4 is 0 Å². The molecule has 1 nitrogen and oxygen atoms in total. The van der Waals surface area contributed by atoms with Gasteiger partial charge in [0, 0.05) is 7.11 Å². The molecule has 69 valence electrons. The topological polar surface area (TPSA) is 9.23 Å². The van der Waals surface area contributed by atoms with E-state index in [0.717, 1.165) is 12.8 Å². The van der Waals surface area contributed by atoms with Gasteiger partial charge in [-0.05, 0) is 46.0 Å². The lowest BCUT2D eigenvalue weighted by molar-refractivity contribution is -0.0280. The van der Waals surface area contributed by atoms with Gasteiger partial charge in [-0.2, -0.15) is 0 Å². The Labute approximate surface area is 75.8 Å². The van der Waals surface area contributed by atoms with Crippen LogP contribution in [-0.2, 0) is 4.74 Å². The first-order chi connectivity index (χ1) is 5.56. The van der Waals surface area contributed by atoms with Crippen LogP contribution in [0.5, 0.6) is 0 Å². The SMILES string of the molecule is COC(C)(C)C1C[CH]C(C)=CC1. The third kappa shape index (κ3) is 2.10. The molecule has 0 saturated carbocycles. The maximum atomic E-state index is 5.46. The van der Waals surface area contributed by atoms with Gasteiger partial charge in [-0.15, -0.1) is 0 Å². The molecule has 1 heteroatoms. The highest BCUT2D eigenvalue weighted by atomic mass is 16.5. The Bertz CT molecular complexity index is 179. The van der Waals surface area contributed by atoms with Crippen LogP contribution in [-0.4, -0.2) is 12.7 Å². The Hall–Kier alpha value is -0.300. The van der Waals surface area contributed by atoms with E-state index in [1.54, 1.807) is 7.11 Å². The summed E-state index contributed by atoms with van der Waals surface area (Å²) in [5.74, 6) is 0.645. The summed E-state index contributed by atoms with van der Waals surface area (Å²) in [6.45, 7) is 6.50. The molecule has 0 amide bonds. The molecule has 0 spiro atoms. The van der Waals surface area contributed by atoms with E-state index in [2.05, 4.69) is 33.3 Å². The Balaban J connectivity index is 2.56. The van der Waals surface area contributed by atoms with Gasteiger partial charge in [0.05, 0.1) is 5.60 Å². The minimum atomic E-state index is 0.0215.